The van der Waals surface area contributed by atoms with E-state index in [-0.39, 0.29) is 5.91 Å². The molecule has 5 heteroatoms. The molecule has 2 rings (SSSR count). The Labute approximate surface area is 122 Å². The Morgan fingerprint density at radius 1 is 1.47 bits per heavy atom. The van der Waals surface area contributed by atoms with Gasteiger partial charge in [0.2, 0.25) is 5.91 Å². The third-order valence-corrected chi connectivity index (χ3v) is 5.89. The second-order valence-corrected chi connectivity index (χ2v) is 7.79. The van der Waals surface area contributed by atoms with Crippen molar-refractivity contribution in [1.82, 2.24) is 5.32 Å². The van der Waals surface area contributed by atoms with Crippen LogP contribution in [0.5, 0.6) is 0 Å². The number of thioether (sulfide) groups is 1. The predicted octanol–water partition coefficient (Wildman–Crippen LogP) is 2.40. The summed E-state index contributed by atoms with van der Waals surface area (Å²) in [5.41, 5.74) is -1.25. The van der Waals surface area contributed by atoms with E-state index < -0.39 is 11.0 Å². The van der Waals surface area contributed by atoms with Crippen LogP contribution < -0.4 is 5.32 Å². The van der Waals surface area contributed by atoms with Crippen LogP contribution in [0.3, 0.4) is 0 Å². The van der Waals surface area contributed by atoms with E-state index in [0.717, 1.165) is 29.2 Å². The average Bonchev–Trinajstić information content (AvgIpc) is 2.91. The molecule has 0 aromatic carbocycles. The topological polar surface area (TPSA) is 49.3 Å². The monoisotopic (exact) mass is 299 g/mol. The normalized spacial score (nSPS) is 19.1. The number of carbonyl (C=O) groups is 1. The molecule has 0 radical (unpaired) electrons. The van der Waals surface area contributed by atoms with E-state index in [4.69, 9.17) is 0 Å². The molecule has 1 aromatic heterocycles. The molecular weight excluding hydrogens is 278 g/mol. The first-order valence-corrected chi connectivity index (χ1v) is 8.60. The van der Waals surface area contributed by atoms with Crippen molar-refractivity contribution in [1.29, 1.82) is 0 Å². The van der Waals surface area contributed by atoms with Gasteiger partial charge in [-0.2, -0.15) is 11.8 Å². The molecule has 1 aliphatic heterocycles. The van der Waals surface area contributed by atoms with Gasteiger partial charge in [-0.05, 0) is 49.6 Å². The molecule has 1 aromatic rings. The van der Waals surface area contributed by atoms with Gasteiger partial charge in [-0.3, -0.25) is 4.79 Å². The van der Waals surface area contributed by atoms with Crippen molar-refractivity contribution in [3.05, 3.63) is 22.4 Å². The average molecular weight is 299 g/mol. The third kappa shape index (κ3) is 3.52. The van der Waals surface area contributed by atoms with Crippen LogP contribution in [0.25, 0.3) is 0 Å². The quantitative estimate of drug-likeness (QED) is 0.897. The first kappa shape index (κ1) is 14.9. The van der Waals surface area contributed by atoms with Gasteiger partial charge >= 0.3 is 0 Å². The van der Waals surface area contributed by atoms with Gasteiger partial charge in [-0.1, -0.05) is 6.07 Å². The van der Waals surface area contributed by atoms with Gasteiger partial charge in [0.05, 0.1) is 11.0 Å². The number of hydrogen-bond donors (Lipinski definition) is 2. The van der Waals surface area contributed by atoms with Crippen molar-refractivity contribution in [2.75, 3.05) is 18.1 Å². The molecule has 0 saturated carbocycles. The van der Waals surface area contributed by atoms with E-state index in [2.05, 4.69) is 5.32 Å². The Hall–Kier alpha value is -0.520. The third-order valence-electron chi connectivity index (χ3n) is 3.71. The summed E-state index contributed by atoms with van der Waals surface area (Å²) in [5.74, 6) is 1.93. The predicted molar refractivity (Wildman–Crippen MR) is 81.9 cm³/mol. The molecule has 1 aliphatic rings. The molecule has 2 heterocycles. The second-order valence-electron chi connectivity index (χ2n) is 5.62. The molecule has 0 unspecified atom stereocenters. The minimum absolute atomic E-state index is 0.0124. The lowest BCUT2D eigenvalue weighted by atomic mass is 9.89. The highest BCUT2D eigenvalue weighted by Crippen LogP contribution is 2.29. The van der Waals surface area contributed by atoms with Crippen molar-refractivity contribution >= 4 is 29.0 Å². The molecule has 106 valence electrons. The highest BCUT2D eigenvalue weighted by Gasteiger charge is 2.34. The highest BCUT2D eigenvalue weighted by molar-refractivity contribution is 7.99. The lowest BCUT2D eigenvalue weighted by Gasteiger charge is -2.33. The van der Waals surface area contributed by atoms with Crippen molar-refractivity contribution in [2.24, 2.45) is 0 Å². The van der Waals surface area contributed by atoms with Crippen LogP contribution in [0.4, 0.5) is 0 Å². The Bertz CT molecular complexity index is 423. The zero-order chi connectivity index (χ0) is 13.9. The first-order chi connectivity index (χ1) is 8.94. The number of amides is 1. The summed E-state index contributed by atoms with van der Waals surface area (Å²) in [7, 11) is 0. The van der Waals surface area contributed by atoms with Gasteiger partial charge in [-0.15, -0.1) is 11.3 Å². The fourth-order valence-corrected chi connectivity index (χ4v) is 4.24. The molecule has 3 nitrogen and oxygen atoms in total. The largest absolute Gasteiger partial charge is 0.388 e. The van der Waals surface area contributed by atoms with Gasteiger partial charge in [-0.25, -0.2) is 0 Å². The van der Waals surface area contributed by atoms with Crippen LogP contribution in [0, 0.1) is 0 Å². The van der Waals surface area contributed by atoms with Crippen LogP contribution in [0.2, 0.25) is 0 Å². The van der Waals surface area contributed by atoms with E-state index in [1.165, 1.54) is 0 Å². The van der Waals surface area contributed by atoms with E-state index >= 15 is 0 Å². The Morgan fingerprint density at radius 2 is 2.16 bits per heavy atom. The maximum atomic E-state index is 12.3. The Morgan fingerprint density at radius 3 is 2.74 bits per heavy atom. The van der Waals surface area contributed by atoms with E-state index in [9.17, 15) is 9.90 Å². The SMILES string of the molecule is CC(C)(C(=O)NCC1(O)CCSCC1)c1cccs1. The van der Waals surface area contributed by atoms with Crippen molar-refractivity contribution < 1.29 is 9.90 Å². The molecule has 1 amide bonds. The molecule has 0 bridgehead atoms. The molecular formula is C14H21NO2S2. The van der Waals surface area contributed by atoms with Gasteiger partial charge < -0.3 is 10.4 Å². The molecule has 0 atom stereocenters. The first-order valence-electron chi connectivity index (χ1n) is 6.56. The molecule has 0 aliphatic carbocycles. The molecule has 19 heavy (non-hydrogen) atoms. The van der Waals surface area contributed by atoms with Crippen molar-refractivity contribution in [3.63, 3.8) is 0 Å². The van der Waals surface area contributed by atoms with Crippen LogP contribution in [0.1, 0.15) is 31.6 Å². The number of hydrogen-bond acceptors (Lipinski definition) is 4. The van der Waals surface area contributed by atoms with Crippen molar-refractivity contribution in [2.45, 2.75) is 37.7 Å². The number of aliphatic hydroxyl groups is 1. The number of nitrogens with one attached hydrogen (secondary N) is 1. The van der Waals surface area contributed by atoms with Gasteiger partial charge in [0.25, 0.3) is 0 Å². The van der Waals surface area contributed by atoms with Crippen LogP contribution in [0.15, 0.2) is 17.5 Å². The molecule has 1 fully saturated rings. The fraction of sp³-hybridized carbons (Fsp3) is 0.643. The van der Waals surface area contributed by atoms with Crippen LogP contribution >= 0.6 is 23.1 Å². The van der Waals surface area contributed by atoms with Gasteiger partial charge in [0, 0.05) is 11.4 Å². The minimum Gasteiger partial charge on any atom is -0.388 e. The van der Waals surface area contributed by atoms with E-state index in [1.807, 2.05) is 43.1 Å². The van der Waals surface area contributed by atoms with Gasteiger partial charge in [0.1, 0.15) is 0 Å². The number of rotatable bonds is 4. The number of thiophene rings is 1. The van der Waals surface area contributed by atoms with Crippen molar-refractivity contribution in [3.8, 4) is 0 Å². The summed E-state index contributed by atoms with van der Waals surface area (Å²) in [6.45, 7) is 4.21. The zero-order valence-corrected chi connectivity index (χ0v) is 13.1. The fourth-order valence-electron chi connectivity index (χ4n) is 2.14. The highest BCUT2D eigenvalue weighted by atomic mass is 32.2. The van der Waals surface area contributed by atoms with Crippen LogP contribution in [-0.2, 0) is 10.2 Å². The second kappa shape index (κ2) is 5.85. The molecule has 1 saturated heterocycles. The molecule has 0 spiro atoms. The lowest BCUT2D eigenvalue weighted by Crippen LogP contribution is -2.49. The smallest absolute Gasteiger partial charge is 0.231 e. The summed E-state index contributed by atoms with van der Waals surface area (Å²) in [4.78, 5) is 13.4. The summed E-state index contributed by atoms with van der Waals surface area (Å²) in [6.07, 6.45) is 1.52. The summed E-state index contributed by atoms with van der Waals surface area (Å²) < 4.78 is 0. The lowest BCUT2D eigenvalue weighted by molar-refractivity contribution is -0.126. The number of carbonyl (C=O) groups excluding carboxylic acids is 1. The van der Waals surface area contributed by atoms with E-state index in [1.54, 1.807) is 11.3 Å². The van der Waals surface area contributed by atoms with Crippen LogP contribution in [-0.4, -0.2) is 34.7 Å². The molecule has 2 N–H and O–H groups in total. The minimum atomic E-state index is -0.716. The zero-order valence-electron chi connectivity index (χ0n) is 11.4. The standard InChI is InChI=1S/C14H21NO2S2/c1-13(2,11-4-3-7-19-11)12(16)15-10-14(17)5-8-18-9-6-14/h3-4,7,17H,5-6,8-10H2,1-2H3,(H,15,16). The maximum Gasteiger partial charge on any atom is 0.231 e. The maximum absolute atomic E-state index is 12.3. The summed E-state index contributed by atoms with van der Waals surface area (Å²) in [5, 5.41) is 15.3. The Kier molecular flexibility index (Phi) is 4.58. The van der Waals surface area contributed by atoms with E-state index in [0.29, 0.717) is 6.54 Å². The Balaban J connectivity index is 1.94. The summed E-state index contributed by atoms with van der Waals surface area (Å²) in [6, 6.07) is 3.94. The summed E-state index contributed by atoms with van der Waals surface area (Å²) >= 11 is 3.46. The van der Waals surface area contributed by atoms with Gasteiger partial charge in [0.15, 0.2) is 0 Å².